The first-order valence-electron chi connectivity index (χ1n) is 9.09. The predicted octanol–water partition coefficient (Wildman–Crippen LogP) is 3.74. The van der Waals surface area contributed by atoms with Crippen molar-refractivity contribution < 1.29 is 4.42 Å². The molecule has 0 aliphatic carbocycles. The van der Waals surface area contributed by atoms with Gasteiger partial charge in [0.15, 0.2) is 11.6 Å². The Kier molecular flexibility index (Phi) is 4.65. The third-order valence-electron chi connectivity index (χ3n) is 4.82. The van der Waals surface area contributed by atoms with E-state index in [1.807, 2.05) is 22.9 Å². The van der Waals surface area contributed by atoms with Crippen LogP contribution in [0.5, 0.6) is 0 Å². The van der Waals surface area contributed by atoms with E-state index in [1.165, 1.54) is 37.1 Å². The number of rotatable bonds is 6. The van der Waals surface area contributed by atoms with Crippen LogP contribution in [0.3, 0.4) is 0 Å². The SMILES string of the molecule is CCc1oc(-c2ncnn2Cc2ccccc2)cc1CN1CCCC1. The number of aryl methyl sites for hydroxylation is 1. The van der Waals surface area contributed by atoms with Crippen molar-refractivity contribution in [2.45, 2.75) is 39.3 Å². The monoisotopic (exact) mass is 336 g/mol. The summed E-state index contributed by atoms with van der Waals surface area (Å²) in [4.78, 5) is 6.95. The summed E-state index contributed by atoms with van der Waals surface area (Å²) in [6.45, 7) is 6.19. The molecule has 3 aromatic rings. The molecule has 1 saturated heterocycles. The minimum Gasteiger partial charge on any atom is -0.457 e. The van der Waals surface area contributed by atoms with Crippen LogP contribution in [-0.2, 0) is 19.5 Å². The molecule has 0 unspecified atom stereocenters. The van der Waals surface area contributed by atoms with Crippen LogP contribution in [0.2, 0.25) is 0 Å². The standard InChI is InChI=1S/C20H24N4O/c1-2-18-17(14-23-10-6-7-11-23)12-19(25-18)20-21-15-22-24(20)13-16-8-4-3-5-9-16/h3-5,8-9,12,15H,2,6-7,10-11,13-14H2,1H3. The maximum absolute atomic E-state index is 6.15. The quantitative estimate of drug-likeness (QED) is 0.688. The lowest BCUT2D eigenvalue weighted by atomic mass is 10.2. The third-order valence-corrected chi connectivity index (χ3v) is 4.82. The van der Waals surface area contributed by atoms with Gasteiger partial charge in [0.2, 0.25) is 0 Å². The van der Waals surface area contributed by atoms with E-state index in [4.69, 9.17) is 4.42 Å². The molecule has 1 aliphatic heterocycles. The first-order chi connectivity index (χ1) is 12.3. The molecule has 0 atom stereocenters. The Morgan fingerprint density at radius 1 is 1.08 bits per heavy atom. The number of nitrogens with zero attached hydrogens (tertiary/aromatic N) is 4. The lowest BCUT2D eigenvalue weighted by Crippen LogP contribution is -2.18. The molecule has 0 N–H and O–H groups in total. The third kappa shape index (κ3) is 3.51. The molecule has 130 valence electrons. The zero-order chi connectivity index (χ0) is 17.1. The van der Waals surface area contributed by atoms with E-state index in [1.54, 1.807) is 6.33 Å². The highest BCUT2D eigenvalue weighted by molar-refractivity contribution is 5.50. The van der Waals surface area contributed by atoms with Crippen LogP contribution in [0.4, 0.5) is 0 Å². The van der Waals surface area contributed by atoms with E-state index in [9.17, 15) is 0 Å². The molecule has 3 heterocycles. The molecule has 5 nitrogen and oxygen atoms in total. The molecular formula is C20H24N4O. The Labute approximate surface area is 148 Å². The minimum absolute atomic E-state index is 0.694. The lowest BCUT2D eigenvalue weighted by molar-refractivity contribution is 0.327. The molecule has 2 aromatic heterocycles. The van der Waals surface area contributed by atoms with E-state index in [0.717, 1.165) is 30.3 Å². The van der Waals surface area contributed by atoms with Crippen LogP contribution in [0.25, 0.3) is 11.6 Å². The minimum atomic E-state index is 0.694. The average molecular weight is 336 g/mol. The summed E-state index contributed by atoms with van der Waals surface area (Å²) in [5, 5.41) is 4.39. The Morgan fingerprint density at radius 3 is 2.64 bits per heavy atom. The summed E-state index contributed by atoms with van der Waals surface area (Å²) in [6.07, 6.45) is 5.11. The van der Waals surface area contributed by atoms with E-state index < -0.39 is 0 Å². The summed E-state index contributed by atoms with van der Waals surface area (Å²) in [5.41, 5.74) is 2.49. The van der Waals surface area contributed by atoms with Crippen molar-refractivity contribution in [2.75, 3.05) is 13.1 Å². The van der Waals surface area contributed by atoms with Gasteiger partial charge in [0.05, 0.1) is 6.54 Å². The molecule has 4 rings (SSSR count). The van der Waals surface area contributed by atoms with Gasteiger partial charge in [-0.25, -0.2) is 9.67 Å². The van der Waals surface area contributed by atoms with Crippen molar-refractivity contribution in [1.29, 1.82) is 0 Å². The number of benzene rings is 1. The fraction of sp³-hybridized carbons (Fsp3) is 0.400. The van der Waals surface area contributed by atoms with Crippen molar-refractivity contribution in [2.24, 2.45) is 0 Å². The van der Waals surface area contributed by atoms with Crippen LogP contribution >= 0.6 is 0 Å². The molecule has 0 saturated carbocycles. The van der Waals surface area contributed by atoms with E-state index in [-0.39, 0.29) is 0 Å². The van der Waals surface area contributed by atoms with Gasteiger partial charge >= 0.3 is 0 Å². The van der Waals surface area contributed by atoms with Crippen molar-refractivity contribution >= 4 is 0 Å². The Morgan fingerprint density at radius 2 is 1.88 bits per heavy atom. The Hall–Kier alpha value is -2.40. The van der Waals surface area contributed by atoms with Crippen LogP contribution in [0.1, 0.15) is 36.7 Å². The van der Waals surface area contributed by atoms with Gasteiger partial charge in [0, 0.05) is 18.5 Å². The van der Waals surface area contributed by atoms with E-state index >= 15 is 0 Å². The summed E-state index contributed by atoms with van der Waals surface area (Å²) in [6, 6.07) is 12.5. The van der Waals surface area contributed by atoms with Crippen molar-refractivity contribution in [1.82, 2.24) is 19.7 Å². The summed E-state index contributed by atoms with van der Waals surface area (Å²) < 4.78 is 8.06. The number of aromatic nitrogens is 3. The zero-order valence-corrected chi connectivity index (χ0v) is 14.7. The average Bonchev–Trinajstić information content (AvgIpc) is 3.37. The molecular weight excluding hydrogens is 312 g/mol. The van der Waals surface area contributed by atoms with Gasteiger partial charge in [-0.1, -0.05) is 37.3 Å². The highest BCUT2D eigenvalue weighted by atomic mass is 16.3. The van der Waals surface area contributed by atoms with Gasteiger partial charge in [-0.2, -0.15) is 5.10 Å². The largest absolute Gasteiger partial charge is 0.457 e. The van der Waals surface area contributed by atoms with Crippen LogP contribution < -0.4 is 0 Å². The van der Waals surface area contributed by atoms with Gasteiger partial charge in [0.1, 0.15) is 12.1 Å². The fourth-order valence-corrected chi connectivity index (χ4v) is 3.52. The lowest BCUT2D eigenvalue weighted by Gasteiger charge is -2.13. The Bertz CT molecular complexity index is 815. The highest BCUT2D eigenvalue weighted by Gasteiger charge is 2.19. The van der Waals surface area contributed by atoms with Gasteiger partial charge in [0.25, 0.3) is 0 Å². The number of hydrogen-bond acceptors (Lipinski definition) is 4. The molecule has 1 aromatic carbocycles. The molecule has 0 spiro atoms. The molecule has 25 heavy (non-hydrogen) atoms. The first-order valence-corrected chi connectivity index (χ1v) is 9.09. The Balaban J connectivity index is 1.59. The molecule has 1 fully saturated rings. The number of likely N-dealkylation sites (tertiary alicyclic amines) is 1. The normalized spacial score (nSPS) is 15.1. The van der Waals surface area contributed by atoms with Crippen molar-refractivity contribution in [3.8, 4) is 11.6 Å². The first kappa shape index (κ1) is 16.1. The maximum atomic E-state index is 6.15. The number of furan rings is 1. The second-order valence-electron chi connectivity index (χ2n) is 6.62. The highest BCUT2D eigenvalue weighted by Crippen LogP contribution is 2.27. The smallest absolute Gasteiger partial charge is 0.194 e. The molecule has 0 bridgehead atoms. The van der Waals surface area contributed by atoms with Gasteiger partial charge < -0.3 is 4.42 Å². The summed E-state index contributed by atoms with van der Waals surface area (Å²) in [7, 11) is 0. The van der Waals surface area contributed by atoms with Crippen LogP contribution in [0, 0.1) is 0 Å². The molecule has 5 heteroatoms. The topological polar surface area (TPSA) is 47.1 Å². The van der Waals surface area contributed by atoms with Crippen molar-refractivity contribution in [3.05, 3.63) is 59.6 Å². The molecule has 1 aliphatic rings. The fourth-order valence-electron chi connectivity index (χ4n) is 3.52. The molecule has 0 radical (unpaired) electrons. The predicted molar refractivity (Wildman–Crippen MR) is 97.2 cm³/mol. The van der Waals surface area contributed by atoms with E-state index in [0.29, 0.717) is 6.54 Å². The second kappa shape index (κ2) is 7.23. The van der Waals surface area contributed by atoms with Gasteiger partial charge in [-0.05, 0) is 37.6 Å². The summed E-state index contributed by atoms with van der Waals surface area (Å²) >= 11 is 0. The van der Waals surface area contributed by atoms with Gasteiger partial charge in [-0.3, -0.25) is 4.90 Å². The number of hydrogen-bond donors (Lipinski definition) is 0. The second-order valence-corrected chi connectivity index (χ2v) is 6.62. The van der Waals surface area contributed by atoms with Crippen LogP contribution in [0.15, 0.2) is 47.1 Å². The van der Waals surface area contributed by atoms with Gasteiger partial charge in [-0.15, -0.1) is 0 Å². The maximum Gasteiger partial charge on any atom is 0.194 e. The summed E-state index contributed by atoms with van der Waals surface area (Å²) in [5.74, 6) is 2.68. The molecule has 0 amide bonds. The van der Waals surface area contributed by atoms with E-state index in [2.05, 4.69) is 40.1 Å². The van der Waals surface area contributed by atoms with Crippen molar-refractivity contribution in [3.63, 3.8) is 0 Å². The van der Waals surface area contributed by atoms with Crippen LogP contribution in [-0.4, -0.2) is 32.8 Å². The zero-order valence-electron chi connectivity index (χ0n) is 14.7.